The van der Waals surface area contributed by atoms with Gasteiger partial charge in [0.05, 0.1) is 19.3 Å². The lowest BCUT2D eigenvalue weighted by atomic mass is 10.1. The number of esters is 1. The van der Waals surface area contributed by atoms with Crippen molar-refractivity contribution in [2.24, 2.45) is 0 Å². The fraction of sp³-hybridized carbons (Fsp3) is 0.214. The van der Waals surface area contributed by atoms with Crippen LogP contribution in [0.25, 0.3) is 10.4 Å². The topological polar surface area (TPSA) is 61.5 Å². The van der Waals surface area contributed by atoms with Crippen LogP contribution in [0, 0.1) is 0 Å². The summed E-state index contributed by atoms with van der Waals surface area (Å²) >= 11 is 1.37. The first-order chi connectivity index (χ1) is 9.15. The molecule has 0 fully saturated rings. The number of anilines is 1. The Balaban J connectivity index is 2.30. The minimum Gasteiger partial charge on any atom is -0.497 e. The molecule has 0 saturated heterocycles. The lowest BCUT2D eigenvalue weighted by Gasteiger charge is -2.00. The van der Waals surface area contributed by atoms with E-state index in [9.17, 15) is 4.79 Å². The van der Waals surface area contributed by atoms with Gasteiger partial charge in [0.1, 0.15) is 10.8 Å². The van der Waals surface area contributed by atoms with E-state index in [1.54, 1.807) is 20.1 Å². The standard InChI is InChI=1S/C14H15NO3S/c1-3-18-14(16)11-8-12(19-13(11)15)9-4-6-10(17-2)7-5-9/h4-8H,3,15H2,1-2H3. The summed E-state index contributed by atoms with van der Waals surface area (Å²) in [4.78, 5) is 12.6. The number of ether oxygens (including phenoxy) is 2. The summed E-state index contributed by atoms with van der Waals surface area (Å²) in [5.41, 5.74) is 7.28. The van der Waals surface area contributed by atoms with Crippen LogP contribution in [0.5, 0.6) is 5.75 Å². The summed E-state index contributed by atoms with van der Waals surface area (Å²) in [6, 6.07) is 9.36. The Labute approximate surface area is 115 Å². The molecule has 1 aromatic carbocycles. The van der Waals surface area contributed by atoms with Crippen molar-refractivity contribution in [3.63, 3.8) is 0 Å². The van der Waals surface area contributed by atoms with Crippen molar-refractivity contribution in [3.05, 3.63) is 35.9 Å². The quantitative estimate of drug-likeness (QED) is 0.872. The fourth-order valence-electron chi connectivity index (χ4n) is 1.67. The molecule has 0 spiro atoms. The first-order valence-electron chi connectivity index (χ1n) is 5.86. The largest absolute Gasteiger partial charge is 0.497 e. The maximum absolute atomic E-state index is 11.7. The molecule has 0 saturated carbocycles. The third kappa shape index (κ3) is 2.88. The van der Waals surface area contributed by atoms with Crippen LogP contribution < -0.4 is 10.5 Å². The van der Waals surface area contributed by atoms with Crippen LogP contribution in [0.4, 0.5) is 5.00 Å². The first kappa shape index (κ1) is 13.4. The summed E-state index contributed by atoms with van der Waals surface area (Å²) in [6.07, 6.45) is 0. The molecule has 4 nitrogen and oxygen atoms in total. The number of nitrogen functional groups attached to an aromatic ring is 1. The minimum atomic E-state index is -0.379. The Kier molecular flexibility index (Phi) is 4.06. The highest BCUT2D eigenvalue weighted by Gasteiger charge is 2.15. The van der Waals surface area contributed by atoms with Gasteiger partial charge in [0.2, 0.25) is 0 Å². The maximum atomic E-state index is 11.7. The smallest absolute Gasteiger partial charge is 0.341 e. The van der Waals surface area contributed by atoms with E-state index in [0.29, 0.717) is 17.2 Å². The third-order valence-electron chi connectivity index (χ3n) is 2.63. The van der Waals surface area contributed by atoms with Gasteiger partial charge in [-0.15, -0.1) is 11.3 Å². The zero-order valence-electron chi connectivity index (χ0n) is 10.8. The highest BCUT2D eigenvalue weighted by atomic mass is 32.1. The van der Waals surface area contributed by atoms with Gasteiger partial charge in [-0.05, 0) is 42.8 Å². The number of carbonyl (C=O) groups excluding carboxylic acids is 1. The van der Waals surface area contributed by atoms with Gasteiger partial charge in [-0.3, -0.25) is 0 Å². The van der Waals surface area contributed by atoms with Gasteiger partial charge in [0.25, 0.3) is 0 Å². The van der Waals surface area contributed by atoms with E-state index in [4.69, 9.17) is 15.2 Å². The second-order valence-electron chi connectivity index (χ2n) is 3.84. The summed E-state index contributed by atoms with van der Waals surface area (Å²) in [5, 5.41) is 0.476. The Morgan fingerprint density at radius 3 is 2.58 bits per heavy atom. The van der Waals surface area contributed by atoms with Crippen molar-refractivity contribution < 1.29 is 14.3 Å². The molecule has 0 amide bonds. The Morgan fingerprint density at radius 1 is 1.32 bits per heavy atom. The molecule has 0 unspecified atom stereocenters. The lowest BCUT2D eigenvalue weighted by molar-refractivity contribution is 0.0528. The second kappa shape index (κ2) is 5.75. The number of thiophene rings is 1. The molecular weight excluding hydrogens is 262 g/mol. The number of rotatable bonds is 4. The lowest BCUT2D eigenvalue weighted by Crippen LogP contribution is -2.05. The highest BCUT2D eigenvalue weighted by Crippen LogP contribution is 2.34. The molecular formula is C14H15NO3S. The Morgan fingerprint density at radius 2 is 2.00 bits per heavy atom. The molecule has 0 aliphatic carbocycles. The number of hydrogen-bond acceptors (Lipinski definition) is 5. The third-order valence-corrected chi connectivity index (χ3v) is 3.64. The molecule has 0 aliphatic heterocycles. The van der Waals surface area contributed by atoms with Crippen molar-refractivity contribution in [1.29, 1.82) is 0 Å². The Hall–Kier alpha value is -2.01. The van der Waals surface area contributed by atoms with E-state index in [2.05, 4.69) is 0 Å². The van der Waals surface area contributed by atoms with Gasteiger partial charge >= 0.3 is 5.97 Å². The maximum Gasteiger partial charge on any atom is 0.341 e. The van der Waals surface area contributed by atoms with Crippen LogP contribution in [0.1, 0.15) is 17.3 Å². The van der Waals surface area contributed by atoms with Crippen molar-refractivity contribution in [2.75, 3.05) is 19.5 Å². The number of carbonyl (C=O) groups is 1. The SMILES string of the molecule is CCOC(=O)c1cc(-c2ccc(OC)cc2)sc1N. The summed E-state index contributed by atoms with van der Waals surface area (Å²) in [5.74, 6) is 0.412. The van der Waals surface area contributed by atoms with Gasteiger partial charge in [-0.1, -0.05) is 0 Å². The molecule has 2 rings (SSSR count). The zero-order chi connectivity index (χ0) is 13.8. The molecule has 1 heterocycles. The number of nitrogens with two attached hydrogens (primary N) is 1. The average Bonchev–Trinajstić information content (AvgIpc) is 2.81. The summed E-state index contributed by atoms with van der Waals surface area (Å²) in [6.45, 7) is 2.11. The zero-order valence-corrected chi connectivity index (χ0v) is 11.6. The van der Waals surface area contributed by atoms with E-state index in [-0.39, 0.29) is 5.97 Å². The van der Waals surface area contributed by atoms with E-state index in [0.717, 1.165) is 16.2 Å². The summed E-state index contributed by atoms with van der Waals surface area (Å²) < 4.78 is 10.1. The van der Waals surface area contributed by atoms with Crippen LogP contribution in [0.15, 0.2) is 30.3 Å². The number of hydrogen-bond donors (Lipinski definition) is 1. The van der Waals surface area contributed by atoms with Gasteiger partial charge in [-0.2, -0.15) is 0 Å². The van der Waals surface area contributed by atoms with Crippen LogP contribution in [0.2, 0.25) is 0 Å². The molecule has 2 N–H and O–H groups in total. The molecule has 1 aromatic heterocycles. The van der Waals surface area contributed by atoms with Gasteiger partial charge in [0.15, 0.2) is 0 Å². The first-order valence-corrected chi connectivity index (χ1v) is 6.68. The van der Waals surface area contributed by atoms with Gasteiger partial charge in [0, 0.05) is 4.88 Å². The fourth-order valence-corrected chi connectivity index (χ4v) is 2.59. The van der Waals surface area contributed by atoms with E-state index >= 15 is 0 Å². The molecule has 0 aliphatic rings. The van der Waals surface area contributed by atoms with Crippen LogP contribution in [0.3, 0.4) is 0 Å². The number of benzene rings is 1. The van der Waals surface area contributed by atoms with Gasteiger partial charge < -0.3 is 15.2 Å². The minimum absolute atomic E-state index is 0.339. The molecule has 100 valence electrons. The number of methoxy groups -OCH3 is 1. The predicted molar refractivity (Wildman–Crippen MR) is 76.7 cm³/mol. The molecule has 0 radical (unpaired) electrons. The monoisotopic (exact) mass is 277 g/mol. The summed E-state index contributed by atoms with van der Waals surface area (Å²) in [7, 11) is 1.62. The van der Waals surface area contributed by atoms with Crippen molar-refractivity contribution in [3.8, 4) is 16.2 Å². The Bertz CT molecular complexity index is 575. The highest BCUT2D eigenvalue weighted by molar-refractivity contribution is 7.19. The average molecular weight is 277 g/mol. The molecule has 0 atom stereocenters. The van der Waals surface area contributed by atoms with Crippen LogP contribution in [-0.2, 0) is 4.74 Å². The van der Waals surface area contributed by atoms with E-state index < -0.39 is 0 Å². The van der Waals surface area contributed by atoms with Crippen molar-refractivity contribution in [2.45, 2.75) is 6.92 Å². The van der Waals surface area contributed by atoms with E-state index in [1.165, 1.54) is 11.3 Å². The molecule has 5 heteroatoms. The molecule has 0 bridgehead atoms. The van der Waals surface area contributed by atoms with Crippen LogP contribution >= 0.6 is 11.3 Å². The van der Waals surface area contributed by atoms with Crippen LogP contribution in [-0.4, -0.2) is 19.7 Å². The van der Waals surface area contributed by atoms with Crippen molar-refractivity contribution in [1.82, 2.24) is 0 Å². The molecule has 2 aromatic rings. The predicted octanol–water partition coefficient (Wildman–Crippen LogP) is 3.18. The van der Waals surface area contributed by atoms with Gasteiger partial charge in [-0.25, -0.2) is 4.79 Å². The molecule has 19 heavy (non-hydrogen) atoms. The second-order valence-corrected chi connectivity index (χ2v) is 4.92. The van der Waals surface area contributed by atoms with Crippen molar-refractivity contribution >= 4 is 22.3 Å². The van der Waals surface area contributed by atoms with E-state index in [1.807, 2.05) is 24.3 Å². The normalized spacial score (nSPS) is 10.2.